The molecule has 7 nitrogen and oxygen atoms in total. The summed E-state index contributed by atoms with van der Waals surface area (Å²) in [4.78, 5) is 10.5. The summed E-state index contributed by atoms with van der Waals surface area (Å²) < 4.78 is 27.7. The van der Waals surface area contributed by atoms with E-state index in [9.17, 15) is 18.5 Å². The van der Waals surface area contributed by atoms with E-state index in [0.717, 1.165) is 5.56 Å². The third-order valence-electron chi connectivity index (χ3n) is 5.01. The lowest BCUT2D eigenvalue weighted by atomic mass is 9.95. The first-order chi connectivity index (χ1) is 12.2. The van der Waals surface area contributed by atoms with Crippen molar-refractivity contribution in [2.75, 3.05) is 13.1 Å². The minimum absolute atomic E-state index is 0. The van der Waals surface area contributed by atoms with Gasteiger partial charge in [0.2, 0.25) is 10.0 Å². The highest BCUT2D eigenvalue weighted by Crippen LogP contribution is 2.36. The molecule has 0 radical (unpaired) electrons. The highest BCUT2D eigenvalue weighted by Gasteiger charge is 2.41. The van der Waals surface area contributed by atoms with Crippen molar-refractivity contribution in [1.82, 2.24) is 4.31 Å². The summed E-state index contributed by atoms with van der Waals surface area (Å²) in [5.41, 5.74) is 7.86. The van der Waals surface area contributed by atoms with Crippen LogP contribution in [0, 0.1) is 24.0 Å². The van der Waals surface area contributed by atoms with E-state index in [1.54, 1.807) is 19.9 Å². The maximum atomic E-state index is 13.2. The Kier molecular flexibility index (Phi) is 6.26. The Labute approximate surface area is 164 Å². The van der Waals surface area contributed by atoms with E-state index in [-0.39, 0.29) is 42.4 Å². The molecule has 0 spiro atoms. The lowest BCUT2D eigenvalue weighted by molar-refractivity contribution is -0.388. The maximum Gasteiger partial charge on any atom is 0.289 e. The number of sulfonamides is 1. The predicted molar refractivity (Wildman–Crippen MR) is 106 cm³/mol. The number of aryl methyl sites for hydroxylation is 1. The second-order valence-corrected chi connectivity index (χ2v) is 8.49. The molecule has 0 aliphatic carbocycles. The van der Waals surface area contributed by atoms with Gasteiger partial charge in [-0.2, -0.15) is 4.31 Å². The average Bonchev–Trinajstić information content (AvgIpc) is 3.00. The Morgan fingerprint density at radius 1 is 1.11 bits per heavy atom. The number of nitrogens with zero attached hydrogens (tertiary/aromatic N) is 2. The molecule has 0 unspecified atom stereocenters. The van der Waals surface area contributed by atoms with Gasteiger partial charge >= 0.3 is 0 Å². The van der Waals surface area contributed by atoms with E-state index in [1.165, 1.54) is 10.4 Å². The van der Waals surface area contributed by atoms with Crippen LogP contribution in [0.5, 0.6) is 0 Å². The van der Waals surface area contributed by atoms with Gasteiger partial charge in [-0.15, -0.1) is 12.4 Å². The Balaban J connectivity index is 0.00000261. The zero-order chi connectivity index (χ0) is 19.1. The maximum absolute atomic E-state index is 13.2. The van der Waals surface area contributed by atoms with Crippen LogP contribution in [-0.2, 0) is 10.0 Å². The first-order valence-electron chi connectivity index (χ1n) is 8.28. The molecule has 0 bridgehead atoms. The van der Waals surface area contributed by atoms with Crippen molar-refractivity contribution in [3.05, 3.63) is 69.3 Å². The van der Waals surface area contributed by atoms with Crippen molar-refractivity contribution in [3.63, 3.8) is 0 Å². The highest BCUT2D eigenvalue weighted by molar-refractivity contribution is 7.89. The third kappa shape index (κ3) is 3.84. The molecule has 3 rings (SSSR count). The molecule has 9 heteroatoms. The average molecular weight is 412 g/mol. The minimum atomic E-state index is -4.03. The largest absolute Gasteiger partial charge is 0.326 e. The fraction of sp³-hybridized carbons (Fsp3) is 0.333. The van der Waals surface area contributed by atoms with Crippen LogP contribution >= 0.6 is 12.4 Å². The molecule has 2 aromatic rings. The molecule has 0 aromatic heterocycles. The molecule has 27 heavy (non-hydrogen) atoms. The summed E-state index contributed by atoms with van der Waals surface area (Å²) in [6.07, 6.45) is 0. The summed E-state index contributed by atoms with van der Waals surface area (Å²) in [5, 5.41) is 11.4. The molecule has 1 saturated heterocycles. The zero-order valence-corrected chi connectivity index (χ0v) is 16.7. The quantitative estimate of drug-likeness (QED) is 0.614. The van der Waals surface area contributed by atoms with Crippen LogP contribution in [-0.4, -0.2) is 36.8 Å². The lowest BCUT2D eigenvalue weighted by Crippen LogP contribution is -2.33. The molecule has 1 aliphatic rings. The van der Waals surface area contributed by atoms with Crippen LogP contribution in [0.25, 0.3) is 0 Å². The van der Waals surface area contributed by atoms with E-state index in [0.29, 0.717) is 11.1 Å². The molecule has 1 aliphatic heterocycles. The van der Waals surface area contributed by atoms with Crippen LogP contribution in [0.1, 0.15) is 22.6 Å². The van der Waals surface area contributed by atoms with Gasteiger partial charge in [-0.1, -0.05) is 36.4 Å². The van der Waals surface area contributed by atoms with E-state index in [1.807, 2.05) is 30.3 Å². The van der Waals surface area contributed by atoms with Crippen molar-refractivity contribution in [2.45, 2.75) is 30.7 Å². The number of nitro groups is 1. The monoisotopic (exact) mass is 411 g/mol. The van der Waals surface area contributed by atoms with Gasteiger partial charge in [-0.25, -0.2) is 8.42 Å². The number of nitro benzene ring substituents is 1. The summed E-state index contributed by atoms with van der Waals surface area (Å²) in [5.74, 6) is -0.143. The van der Waals surface area contributed by atoms with Gasteiger partial charge in [0.15, 0.2) is 4.90 Å². The number of benzene rings is 2. The number of hydrogen-bond donors (Lipinski definition) is 1. The van der Waals surface area contributed by atoms with Crippen LogP contribution in [0.15, 0.2) is 47.4 Å². The van der Waals surface area contributed by atoms with E-state index in [4.69, 9.17) is 5.73 Å². The first-order valence-corrected chi connectivity index (χ1v) is 9.72. The normalized spacial score (nSPS) is 20.3. The standard InChI is InChI=1S/C18H21N3O4S.ClH/c1-12-8-9-17(21(22)23)18(13(12)2)26(24,25)20-10-15(16(19)11-20)14-6-4-3-5-7-14;/h3-9,15-16H,10-11,19H2,1-2H3;1H/t15-,16+;/m0./s1. The van der Waals surface area contributed by atoms with Crippen LogP contribution in [0.3, 0.4) is 0 Å². The van der Waals surface area contributed by atoms with Gasteiger partial charge in [0.25, 0.3) is 5.69 Å². The molecular formula is C18H22ClN3O4S. The Morgan fingerprint density at radius 2 is 1.74 bits per heavy atom. The van der Waals surface area contributed by atoms with Gasteiger partial charge in [-0.05, 0) is 30.5 Å². The molecule has 1 fully saturated rings. The molecule has 146 valence electrons. The smallest absolute Gasteiger partial charge is 0.289 e. The third-order valence-corrected chi connectivity index (χ3v) is 7.02. The van der Waals surface area contributed by atoms with Gasteiger partial charge in [0, 0.05) is 31.1 Å². The molecule has 0 amide bonds. The van der Waals surface area contributed by atoms with Crippen LogP contribution in [0.2, 0.25) is 0 Å². The van der Waals surface area contributed by atoms with Gasteiger partial charge in [0.05, 0.1) is 4.92 Å². The Bertz CT molecular complexity index is 951. The molecule has 0 saturated carbocycles. The fourth-order valence-electron chi connectivity index (χ4n) is 3.42. The number of nitrogens with two attached hydrogens (primary N) is 1. The summed E-state index contributed by atoms with van der Waals surface area (Å²) >= 11 is 0. The molecule has 1 heterocycles. The number of halogens is 1. The highest BCUT2D eigenvalue weighted by atomic mass is 35.5. The minimum Gasteiger partial charge on any atom is -0.326 e. The number of hydrogen-bond acceptors (Lipinski definition) is 5. The number of rotatable bonds is 4. The summed E-state index contributed by atoms with van der Waals surface area (Å²) in [6, 6.07) is 11.9. The van der Waals surface area contributed by atoms with Crippen LogP contribution in [0.4, 0.5) is 5.69 Å². The Hall–Kier alpha value is -2.00. The van der Waals surface area contributed by atoms with Crippen molar-refractivity contribution in [3.8, 4) is 0 Å². The Morgan fingerprint density at radius 3 is 2.33 bits per heavy atom. The van der Waals surface area contributed by atoms with Crippen molar-refractivity contribution in [1.29, 1.82) is 0 Å². The van der Waals surface area contributed by atoms with E-state index < -0.39 is 20.6 Å². The molecule has 2 atom stereocenters. The lowest BCUT2D eigenvalue weighted by Gasteiger charge is -2.18. The van der Waals surface area contributed by atoms with E-state index >= 15 is 0 Å². The second-order valence-electron chi connectivity index (χ2n) is 6.62. The summed E-state index contributed by atoms with van der Waals surface area (Å²) in [7, 11) is -4.03. The predicted octanol–water partition coefficient (Wildman–Crippen LogP) is 2.75. The zero-order valence-electron chi connectivity index (χ0n) is 15.0. The fourth-order valence-corrected chi connectivity index (χ4v) is 5.35. The molecule has 2 aromatic carbocycles. The summed E-state index contributed by atoms with van der Waals surface area (Å²) in [6.45, 7) is 3.67. The van der Waals surface area contributed by atoms with Gasteiger partial charge in [-0.3, -0.25) is 10.1 Å². The molecule has 2 N–H and O–H groups in total. The second kappa shape index (κ2) is 7.93. The van der Waals surface area contributed by atoms with Gasteiger partial charge < -0.3 is 5.73 Å². The first kappa shape index (κ1) is 21.3. The van der Waals surface area contributed by atoms with Gasteiger partial charge in [0.1, 0.15) is 0 Å². The van der Waals surface area contributed by atoms with Crippen LogP contribution < -0.4 is 5.73 Å². The SMILES string of the molecule is Cc1ccc([N+](=O)[O-])c(S(=O)(=O)N2C[C@@H](N)[C@H](c3ccccc3)C2)c1C.Cl. The van der Waals surface area contributed by atoms with Crippen molar-refractivity contribution in [2.24, 2.45) is 5.73 Å². The molecular weight excluding hydrogens is 390 g/mol. The van der Waals surface area contributed by atoms with Crippen molar-refractivity contribution < 1.29 is 13.3 Å². The van der Waals surface area contributed by atoms with Crippen molar-refractivity contribution >= 4 is 28.1 Å². The van der Waals surface area contributed by atoms with E-state index in [2.05, 4.69) is 0 Å². The topological polar surface area (TPSA) is 107 Å².